The van der Waals surface area contributed by atoms with E-state index in [-0.39, 0.29) is 12.1 Å². The Labute approximate surface area is 195 Å². The largest absolute Gasteiger partial charge is 0.357 e. The monoisotopic (exact) mass is 447 g/mol. The molecule has 2 aromatic carbocycles. The topological polar surface area (TPSA) is 95.4 Å². The van der Waals surface area contributed by atoms with E-state index in [2.05, 4.69) is 38.5 Å². The number of carbonyl (C=O) groups is 1. The third-order valence-electron chi connectivity index (χ3n) is 4.85. The van der Waals surface area contributed by atoms with Crippen LogP contribution in [0.25, 0.3) is 0 Å². The molecule has 0 saturated carbocycles. The molecule has 174 valence electrons. The van der Waals surface area contributed by atoms with E-state index in [1.54, 1.807) is 6.20 Å². The summed E-state index contributed by atoms with van der Waals surface area (Å²) in [6, 6.07) is 17.9. The molecule has 0 aliphatic heterocycles. The molecule has 4 N–H and O–H groups in total. The molecule has 0 saturated heterocycles. The van der Waals surface area contributed by atoms with Crippen LogP contribution in [0.3, 0.4) is 0 Å². The molecule has 0 aliphatic rings. The second kappa shape index (κ2) is 12.3. The van der Waals surface area contributed by atoms with Crippen LogP contribution in [0, 0.1) is 0 Å². The summed E-state index contributed by atoms with van der Waals surface area (Å²) in [6.45, 7) is 8.59. The fraction of sp³-hybridized carbons (Fsp3) is 0.320. The third-order valence-corrected chi connectivity index (χ3v) is 4.85. The maximum Gasteiger partial charge on any atom is 0.319 e. The van der Waals surface area contributed by atoms with Crippen LogP contribution in [-0.4, -0.2) is 34.4 Å². The van der Waals surface area contributed by atoms with Crippen molar-refractivity contribution in [2.24, 2.45) is 4.99 Å². The van der Waals surface area contributed by atoms with Crippen LogP contribution >= 0.6 is 0 Å². The minimum atomic E-state index is -0.206. The summed E-state index contributed by atoms with van der Waals surface area (Å²) in [5.41, 5.74) is 4.23. The fourth-order valence-corrected chi connectivity index (χ4v) is 3.27. The minimum Gasteiger partial charge on any atom is -0.357 e. The van der Waals surface area contributed by atoms with Gasteiger partial charge in [0.15, 0.2) is 5.96 Å². The first-order valence-corrected chi connectivity index (χ1v) is 11.3. The van der Waals surface area contributed by atoms with Crippen LogP contribution in [0.2, 0.25) is 0 Å². The molecule has 0 unspecified atom stereocenters. The maximum atomic E-state index is 11.8. The standard InChI is InChI=1S/C25H33N7O/c1-4-26-24(27-16-20-10-12-23(13-11-20)31-25(33)30-19(2)3)28-17-21-8-5-6-9-22(21)18-32-15-7-14-29-32/h5-15,19H,4,16-18H2,1-3H3,(H2,26,27,28)(H2,30,31,33). The van der Waals surface area contributed by atoms with Crippen molar-refractivity contribution in [2.45, 2.75) is 46.4 Å². The summed E-state index contributed by atoms with van der Waals surface area (Å²) >= 11 is 0. The molecule has 2 amide bonds. The molecule has 0 atom stereocenters. The Balaban J connectivity index is 1.58. The molecular weight excluding hydrogens is 414 g/mol. The van der Waals surface area contributed by atoms with E-state index in [1.807, 2.05) is 74.1 Å². The van der Waals surface area contributed by atoms with E-state index in [4.69, 9.17) is 4.99 Å². The number of amides is 2. The number of hydrogen-bond acceptors (Lipinski definition) is 3. The number of nitrogens with zero attached hydrogens (tertiary/aromatic N) is 3. The molecule has 8 heteroatoms. The number of carbonyl (C=O) groups excluding carboxylic acids is 1. The first-order chi connectivity index (χ1) is 16.0. The Morgan fingerprint density at radius 3 is 2.45 bits per heavy atom. The van der Waals surface area contributed by atoms with Gasteiger partial charge in [-0.1, -0.05) is 36.4 Å². The lowest BCUT2D eigenvalue weighted by atomic mass is 10.1. The normalized spacial score (nSPS) is 11.3. The second-order valence-corrected chi connectivity index (χ2v) is 7.97. The number of anilines is 1. The first kappa shape index (κ1) is 23.8. The number of rotatable bonds is 9. The van der Waals surface area contributed by atoms with Gasteiger partial charge in [0.1, 0.15) is 0 Å². The Hall–Kier alpha value is -3.81. The van der Waals surface area contributed by atoms with Crippen LogP contribution < -0.4 is 21.3 Å². The van der Waals surface area contributed by atoms with Gasteiger partial charge in [-0.25, -0.2) is 9.79 Å². The highest BCUT2D eigenvalue weighted by Gasteiger charge is 2.06. The molecule has 1 heterocycles. The van der Waals surface area contributed by atoms with Crippen LogP contribution in [0.5, 0.6) is 0 Å². The van der Waals surface area contributed by atoms with Crippen molar-refractivity contribution in [3.8, 4) is 0 Å². The molecule has 0 spiro atoms. The molecule has 3 rings (SSSR count). The highest BCUT2D eigenvalue weighted by Crippen LogP contribution is 2.12. The van der Waals surface area contributed by atoms with Gasteiger partial charge in [0.05, 0.1) is 13.1 Å². The number of aromatic nitrogens is 2. The maximum absolute atomic E-state index is 11.8. The smallest absolute Gasteiger partial charge is 0.319 e. The predicted molar refractivity (Wildman–Crippen MR) is 133 cm³/mol. The molecule has 0 fully saturated rings. The zero-order valence-electron chi connectivity index (χ0n) is 19.5. The van der Waals surface area contributed by atoms with Gasteiger partial charge in [0.2, 0.25) is 0 Å². The molecule has 0 aliphatic carbocycles. The first-order valence-electron chi connectivity index (χ1n) is 11.3. The van der Waals surface area contributed by atoms with E-state index < -0.39 is 0 Å². The van der Waals surface area contributed by atoms with Crippen molar-refractivity contribution in [1.82, 2.24) is 25.7 Å². The van der Waals surface area contributed by atoms with Crippen LogP contribution in [0.15, 0.2) is 72.0 Å². The van der Waals surface area contributed by atoms with Gasteiger partial charge >= 0.3 is 6.03 Å². The van der Waals surface area contributed by atoms with E-state index in [9.17, 15) is 4.79 Å². The van der Waals surface area contributed by atoms with E-state index in [0.717, 1.165) is 30.3 Å². The summed E-state index contributed by atoms with van der Waals surface area (Å²) in [4.78, 5) is 16.5. The number of hydrogen-bond donors (Lipinski definition) is 4. The van der Waals surface area contributed by atoms with Gasteiger partial charge < -0.3 is 21.3 Å². The quantitative estimate of drug-likeness (QED) is 0.297. The predicted octanol–water partition coefficient (Wildman–Crippen LogP) is 3.72. The molecule has 33 heavy (non-hydrogen) atoms. The van der Waals surface area contributed by atoms with Gasteiger partial charge in [0, 0.05) is 37.2 Å². The molecular formula is C25H33N7O. The van der Waals surface area contributed by atoms with Crippen LogP contribution in [0.4, 0.5) is 10.5 Å². The fourth-order valence-electron chi connectivity index (χ4n) is 3.27. The van der Waals surface area contributed by atoms with Gasteiger partial charge in [-0.2, -0.15) is 5.10 Å². The van der Waals surface area contributed by atoms with Crippen molar-refractivity contribution in [1.29, 1.82) is 0 Å². The minimum absolute atomic E-state index is 0.0909. The number of benzene rings is 2. The summed E-state index contributed by atoms with van der Waals surface area (Å²) in [5, 5.41) is 16.7. The van der Waals surface area contributed by atoms with Crippen LogP contribution in [-0.2, 0) is 19.6 Å². The van der Waals surface area contributed by atoms with Gasteiger partial charge in [-0.3, -0.25) is 4.68 Å². The summed E-state index contributed by atoms with van der Waals surface area (Å²) in [7, 11) is 0. The Kier molecular flexibility index (Phi) is 8.88. The Bertz CT molecular complexity index is 1030. The van der Waals surface area contributed by atoms with Crippen molar-refractivity contribution < 1.29 is 4.79 Å². The van der Waals surface area contributed by atoms with Crippen molar-refractivity contribution >= 4 is 17.7 Å². The second-order valence-electron chi connectivity index (χ2n) is 7.97. The number of nitrogens with one attached hydrogen (secondary N) is 4. The van der Waals surface area contributed by atoms with Gasteiger partial charge in [-0.05, 0) is 55.7 Å². The zero-order valence-corrected chi connectivity index (χ0v) is 19.5. The lowest BCUT2D eigenvalue weighted by Crippen LogP contribution is -2.37. The summed E-state index contributed by atoms with van der Waals surface area (Å²) < 4.78 is 1.92. The van der Waals surface area contributed by atoms with E-state index in [0.29, 0.717) is 13.1 Å². The lowest BCUT2D eigenvalue weighted by molar-refractivity contribution is 0.250. The van der Waals surface area contributed by atoms with Crippen LogP contribution in [0.1, 0.15) is 37.5 Å². The third kappa shape index (κ3) is 7.99. The molecule has 0 radical (unpaired) electrons. The van der Waals surface area contributed by atoms with E-state index in [1.165, 1.54) is 11.1 Å². The van der Waals surface area contributed by atoms with Crippen molar-refractivity contribution in [3.63, 3.8) is 0 Å². The zero-order chi connectivity index (χ0) is 23.5. The highest BCUT2D eigenvalue weighted by atomic mass is 16.2. The average molecular weight is 448 g/mol. The Morgan fingerprint density at radius 2 is 1.79 bits per heavy atom. The van der Waals surface area contributed by atoms with Gasteiger partial charge in [-0.15, -0.1) is 0 Å². The highest BCUT2D eigenvalue weighted by molar-refractivity contribution is 5.89. The molecule has 0 bridgehead atoms. The number of aliphatic imine (C=N–C) groups is 1. The average Bonchev–Trinajstić information content (AvgIpc) is 3.30. The summed E-state index contributed by atoms with van der Waals surface area (Å²) in [6.07, 6.45) is 3.76. The van der Waals surface area contributed by atoms with Crippen molar-refractivity contribution in [3.05, 3.63) is 83.7 Å². The molecule has 8 nitrogen and oxygen atoms in total. The number of guanidine groups is 1. The molecule has 3 aromatic rings. The summed E-state index contributed by atoms with van der Waals surface area (Å²) in [5.74, 6) is 0.755. The SMILES string of the molecule is CCNC(=NCc1ccc(NC(=O)NC(C)C)cc1)NCc1ccccc1Cn1cccn1. The van der Waals surface area contributed by atoms with Crippen molar-refractivity contribution in [2.75, 3.05) is 11.9 Å². The Morgan fingerprint density at radius 1 is 1.03 bits per heavy atom. The van der Waals surface area contributed by atoms with E-state index >= 15 is 0 Å². The lowest BCUT2D eigenvalue weighted by Gasteiger charge is -2.14. The molecule has 1 aromatic heterocycles. The van der Waals surface area contributed by atoms with Gasteiger partial charge in [0.25, 0.3) is 0 Å². The number of urea groups is 1.